The Balaban J connectivity index is 0.000000204. The number of methoxy groups -OCH3 is 1. The van der Waals surface area contributed by atoms with E-state index < -0.39 is 35.0 Å². The van der Waals surface area contributed by atoms with Crippen LogP contribution in [0.4, 0.5) is 30.7 Å². The lowest BCUT2D eigenvalue weighted by molar-refractivity contribution is -0.137. The Hall–Kier alpha value is -4.60. The molecule has 3 aliphatic carbocycles. The van der Waals surface area contributed by atoms with Crippen molar-refractivity contribution >= 4 is 11.9 Å². The molecule has 9 nitrogen and oxygen atoms in total. The fourth-order valence-corrected chi connectivity index (χ4v) is 8.57. The van der Waals surface area contributed by atoms with E-state index >= 15 is 0 Å². The predicted molar refractivity (Wildman–Crippen MR) is 209 cm³/mol. The SMILES string of the molecule is C1CCC1.C=C(N1CC2(CCN(C(=O)c3cnn(Cc4ccc(C(F)(F)F)cc4)c3)C2)C1)C1(C(C)(F)F)CC1.COCc1cc(O)c(C(=O)O)c(C2CCC(F)(F)CC2)c1. The van der Waals surface area contributed by atoms with Crippen LogP contribution in [0.3, 0.4) is 0 Å². The highest BCUT2D eigenvalue weighted by Gasteiger charge is 2.64. The number of aromatic carboxylic acids is 1. The lowest BCUT2D eigenvalue weighted by Gasteiger charge is -2.52. The second-order valence-corrected chi connectivity index (χ2v) is 17.2. The molecule has 1 aromatic heterocycles. The molecule has 2 N–H and O–H groups in total. The van der Waals surface area contributed by atoms with Crippen molar-refractivity contribution in [2.24, 2.45) is 10.8 Å². The number of ether oxygens (including phenoxy) is 1. The summed E-state index contributed by atoms with van der Waals surface area (Å²) in [5, 5.41) is 23.4. The molecule has 2 aromatic carbocycles. The number of benzene rings is 2. The van der Waals surface area contributed by atoms with Crippen LogP contribution in [0.15, 0.2) is 61.1 Å². The number of carbonyl (C=O) groups is 2. The number of alkyl halides is 7. The van der Waals surface area contributed by atoms with Gasteiger partial charge in [0.05, 0.1) is 35.9 Å². The average Bonchev–Trinajstić information content (AvgIpc) is 3.63. The van der Waals surface area contributed by atoms with E-state index in [9.17, 15) is 50.5 Å². The Morgan fingerprint density at radius 3 is 2.02 bits per heavy atom. The van der Waals surface area contributed by atoms with Gasteiger partial charge in [0.1, 0.15) is 11.3 Å². The van der Waals surface area contributed by atoms with Crippen molar-refractivity contribution < 1.29 is 55.3 Å². The molecule has 0 unspecified atom stereocenters. The second kappa shape index (κ2) is 17.4. The quantitative estimate of drug-likeness (QED) is 0.196. The molecule has 16 heteroatoms. The summed E-state index contributed by atoms with van der Waals surface area (Å²) in [4.78, 5) is 28.1. The standard InChI is InChI=1S/C25H27F5N4O.C15H18F2O4.C4H8/c1-17(24(7-8-24)22(2,26)27)33-15-23(16-33)9-10-32(14-23)21(35)19-11-31-34(13-19)12-18-3-5-20(6-4-18)25(28,29)30;1-21-8-9-6-11(13(14(19)20)12(18)7-9)10-2-4-15(16,17)5-3-10;1-2-4-3-1/h3-6,11,13H,1,7-10,12,14-16H2,2H3;6-7,10,18H,2-5,8H2,1H3,(H,19,20);1-4H2. The number of allylic oxidation sites excluding steroid dienone is 1. The summed E-state index contributed by atoms with van der Waals surface area (Å²) in [5.41, 5.74) is 0.512. The lowest BCUT2D eigenvalue weighted by Crippen LogP contribution is -2.58. The summed E-state index contributed by atoms with van der Waals surface area (Å²) < 4.78 is 99.3. The summed E-state index contributed by atoms with van der Waals surface area (Å²) in [7, 11) is 1.49. The van der Waals surface area contributed by atoms with Gasteiger partial charge in [-0.05, 0) is 72.9 Å². The van der Waals surface area contributed by atoms with Gasteiger partial charge in [-0.1, -0.05) is 50.5 Å². The Morgan fingerprint density at radius 2 is 1.50 bits per heavy atom. The van der Waals surface area contributed by atoms with E-state index in [1.54, 1.807) is 17.2 Å². The maximum atomic E-state index is 14.1. The zero-order valence-corrected chi connectivity index (χ0v) is 34.0. The third-order valence-electron chi connectivity index (χ3n) is 12.7. The van der Waals surface area contributed by atoms with E-state index in [1.165, 1.54) is 61.9 Å². The Kier molecular flexibility index (Phi) is 13.0. The van der Waals surface area contributed by atoms with Gasteiger partial charge in [0.15, 0.2) is 0 Å². The molecule has 3 saturated carbocycles. The molecule has 2 aliphatic heterocycles. The number of carbonyl (C=O) groups excluding carboxylic acids is 1. The van der Waals surface area contributed by atoms with E-state index in [0.717, 1.165) is 25.5 Å². The first-order valence-electron chi connectivity index (χ1n) is 20.4. The molecule has 328 valence electrons. The van der Waals surface area contributed by atoms with Crippen molar-refractivity contribution in [3.63, 3.8) is 0 Å². The number of likely N-dealkylation sites (tertiary alicyclic amines) is 2. The summed E-state index contributed by atoms with van der Waals surface area (Å²) in [6.45, 7) is 7.81. The maximum Gasteiger partial charge on any atom is 0.416 e. The van der Waals surface area contributed by atoms with Crippen LogP contribution in [0.1, 0.15) is 126 Å². The monoisotopic (exact) mass is 850 g/mol. The van der Waals surface area contributed by atoms with E-state index in [2.05, 4.69) is 11.7 Å². The van der Waals surface area contributed by atoms with Crippen molar-refractivity contribution in [3.05, 3.63) is 94.4 Å². The number of phenols is 1. The molecular formula is C44H53F7N4O5. The predicted octanol–water partition coefficient (Wildman–Crippen LogP) is 10.1. The minimum absolute atomic E-state index is 0.103. The molecule has 0 atom stereocenters. The Morgan fingerprint density at radius 1 is 0.900 bits per heavy atom. The van der Waals surface area contributed by atoms with Crippen LogP contribution in [0.2, 0.25) is 0 Å². The van der Waals surface area contributed by atoms with Gasteiger partial charge in [-0.25, -0.2) is 22.4 Å². The van der Waals surface area contributed by atoms with Crippen LogP contribution < -0.4 is 0 Å². The molecule has 5 aliphatic rings. The fraction of sp³-hybridized carbons (Fsp3) is 0.568. The smallest absolute Gasteiger partial charge is 0.416 e. The normalized spacial score (nSPS) is 20.2. The topological polar surface area (TPSA) is 108 Å². The molecule has 8 rings (SSSR count). The number of amides is 1. The van der Waals surface area contributed by atoms with Crippen LogP contribution >= 0.6 is 0 Å². The number of carboxylic acids is 1. The molecular weight excluding hydrogens is 797 g/mol. The lowest BCUT2D eigenvalue weighted by atomic mass is 9.77. The molecule has 3 aromatic rings. The number of aromatic hydroxyl groups is 1. The summed E-state index contributed by atoms with van der Waals surface area (Å²) in [6.07, 6.45) is 6.30. The number of halogens is 7. The number of carboxylic acid groups (broad SMARTS) is 1. The van der Waals surface area contributed by atoms with Crippen molar-refractivity contribution in [2.75, 3.05) is 33.3 Å². The number of aromatic nitrogens is 2. The van der Waals surface area contributed by atoms with Gasteiger partial charge in [0, 0.05) is 70.4 Å². The van der Waals surface area contributed by atoms with E-state index in [0.29, 0.717) is 67.0 Å². The molecule has 1 amide bonds. The van der Waals surface area contributed by atoms with E-state index in [1.807, 2.05) is 4.90 Å². The van der Waals surface area contributed by atoms with Crippen LogP contribution in [0.25, 0.3) is 0 Å². The number of hydrogen-bond acceptors (Lipinski definition) is 6. The third-order valence-corrected chi connectivity index (χ3v) is 12.7. The molecule has 0 radical (unpaired) electrons. The molecule has 1 spiro atoms. The van der Waals surface area contributed by atoms with Crippen molar-refractivity contribution in [2.45, 2.75) is 115 Å². The van der Waals surface area contributed by atoms with Crippen molar-refractivity contribution in [3.8, 4) is 5.75 Å². The zero-order chi connectivity index (χ0) is 43.7. The number of rotatable bonds is 10. The molecule has 60 heavy (non-hydrogen) atoms. The highest BCUT2D eigenvalue weighted by atomic mass is 19.4. The fourth-order valence-electron chi connectivity index (χ4n) is 8.57. The van der Waals surface area contributed by atoms with Gasteiger partial charge in [-0.3, -0.25) is 9.48 Å². The summed E-state index contributed by atoms with van der Waals surface area (Å²) in [5.74, 6) is -7.49. The van der Waals surface area contributed by atoms with Gasteiger partial charge >= 0.3 is 12.1 Å². The Bertz CT molecular complexity index is 2000. The van der Waals surface area contributed by atoms with Gasteiger partial charge in [0.25, 0.3) is 11.8 Å². The molecule has 5 fully saturated rings. The summed E-state index contributed by atoms with van der Waals surface area (Å²) in [6, 6.07) is 7.82. The minimum Gasteiger partial charge on any atom is -0.507 e. The van der Waals surface area contributed by atoms with Crippen LogP contribution in [-0.2, 0) is 24.1 Å². The van der Waals surface area contributed by atoms with Gasteiger partial charge < -0.3 is 24.7 Å². The van der Waals surface area contributed by atoms with Crippen molar-refractivity contribution in [1.82, 2.24) is 19.6 Å². The van der Waals surface area contributed by atoms with Gasteiger partial charge in [-0.2, -0.15) is 18.3 Å². The summed E-state index contributed by atoms with van der Waals surface area (Å²) >= 11 is 0. The minimum atomic E-state index is -4.39. The second-order valence-electron chi connectivity index (χ2n) is 17.2. The number of hydrogen-bond donors (Lipinski definition) is 2. The first kappa shape index (κ1) is 44.9. The van der Waals surface area contributed by atoms with E-state index in [-0.39, 0.29) is 67.4 Å². The first-order chi connectivity index (χ1) is 28.2. The van der Waals surface area contributed by atoms with E-state index in [4.69, 9.17) is 4.74 Å². The first-order valence-corrected chi connectivity index (χ1v) is 20.4. The van der Waals surface area contributed by atoms with Crippen LogP contribution in [0.5, 0.6) is 5.75 Å². The average molecular weight is 851 g/mol. The number of nitrogens with zero attached hydrogens (tertiary/aromatic N) is 4. The molecule has 0 bridgehead atoms. The van der Waals surface area contributed by atoms with Gasteiger partial charge in [-0.15, -0.1) is 0 Å². The maximum absolute atomic E-state index is 14.1. The highest BCUT2D eigenvalue weighted by Crippen LogP contribution is 2.63. The van der Waals surface area contributed by atoms with Crippen LogP contribution in [0, 0.1) is 10.8 Å². The zero-order valence-electron chi connectivity index (χ0n) is 34.0. The highest BCUT2D eigenvalue weighted by molar-refractivity contribution is 5.94. The Labute approximate surface area is 345 Å². The largest absolute Gasteiger partial charge is 0.507 e. The third kappa shape index (κ3) is 10.1. The molecule has 3 heterocycles. The molecule has 2 saturated heterocycles. The van der Waals surface area contributed by atoms with Gasteiger partial charge in [0.2, 0.25) is 5.92 Å². The van der Waals surface area contributed by atoms with Crippen LogP contribution in [-0.4, -0.2) is 86.8 Å². The van der Waals surface area contributed by atoms with Crippen molar-refractivity contribution in [1.29, 1.82) is 0 Å².